The first-order valence-corrected chi connectivity index (χ1v) is 10.0. The third-order valence-corrected chi connectivity index (χ3v) is 6.24. The maximum atomic E-state index is 12.5. The molecule has 0 aromatic heterocycles. The molecular weight excluding hydrogens is 356 g/mol. The number of sulfone groups is 1. The number of benzene rings is 2. The summed E-state index contributed by atoms with van der Waals surface area (Å²) in [7, 11) is -2.99. The molecule has 1 aliphatic rings. The van der Waals surface area contributed by atoms with Crippen molar-refractivity contribution in [1.82, 2.24) is 0 Å². The van der Waals surface area contributed by atoms with Crippen LogP contribution >= 0.6 is 0 Å². The first kappa shape index (κ1) is 18.1. The lowest BCUT2D eigenvalue weighted by molar-refractivity contribution is -0.384. The number of rotatable bonds is 6. The summed E-state index contributed by atoms with van der Waals surface area (Å²) in [6.45, 7) is 0.339. The number of nitrogens with one attached hydrogen (secondary N) is 1. The monoisotopic (exact) mass is 374 g/mol. The summed E-state index contributed by atoms with van der Waals surface area (Å²) in [5, 5.41) is 14.4. The summed E-state index contributed by atoms with van der Waals surface area (Å²) < 4.78 is 23.0. The van der Waals surface area contributed by atoms with Crippen LogP contribution in [0.2, 0.25) is 0 Å². The van der Waals surface area contributed by atoms with Gasteiger partial charge in [0.05, 0.1) is 16.4 Å². The van der Waals surface area contributed by atoms with Gasteiger partial charge in [-0.3, -0.25) is 14.9 Å². The van der Waals surface area contributed by atoms with Crippen molar-refractivity contribution in [3.8, 4) is 0 Å². The van der Waals surface area contributed by atoms with E-state index in [1.54, 1.807) is 30.3 Å². The van der Waals surface area contributed by atoms with Crippen LogP contribution in [-0.4, -0.2) is 37.2 Å². The molecule has 3 rings (SSSR count). The summed E-state index contributed by atoms with van der Waals surface area (Å²) in [6, 6.07) is 12.8. The maximum absolute atomic E-state index is 12.5. The van der Waals surface area contributed by atoms with E-state index >= 15 is 0 Å². The highest BCUT2D eigenvalue weighted by Crippen LogP contribution is 2.28. The van der Waals surface area contributed by atoms with E-state index in [0.717, 1.165) is 0 Å². The molecule has 1 aliphatic heterocycles. The molecule has 1 fully saturated rings. The predicted molar refractivity (Wildman–Crippen MR) is 98.2 cm³/mol. The zero-order valence-electron chi connectivity index (χ0n) is 13.9. The van der Waals surface area contributed by atoms with Gasteiger partial charge in [-0.05, 0) is 24.5 Å². The zero-order valence-corrected chi connectivity index (χ0v) is 14.7. The average Bonchev–Trinajstić information content (AvgIpc) is 2.98. The van der Waals surface area contributed by atoms with Gasteiger partial charge >= 0.3 is 0 Å². The van der Waals surface area contributed by atoms with Gasteiger partial charge in [-0.25, -0.2) is 8.42 Å². The Kier molecular flexibility index (Phi) is 5.03. The van der Waals surface area contributed by atoms with E-state index in [9.17, 15) is 23.3 Å². The fourth-order valence-corrected chi connectivity index (χ4v) is 4.88. The molecule has 0 amide bonds. The van der Waals surface area contributed by atoms with Gasteiger partial charge in [0.1, 0.15) is 5.69 Å². The molecule has 0 spiro atoms. The largest absolute Gasteiger partial charge is 0.379 e. The van der Waals surface area contributed by atoms with Crippen molar-refractivity contribution in [3.63, 3.8) is 0 Å². The molecule has 136 valence electrons. The number of carbonyl (C=O) groups is 1. The Morgan fingerprint density at radius 3 is 2.50 bits per heavy atom. The van der Waals surface area contributed by atoms with Crippen LogP contribution in [0.4, 0.5) is 11.4 Å². The first-order chi connectivity index (χ1) is 12.4. The Morgan fingerprint density at radius 2 is 1.88 bits per heavy atom. The second-order valence-electron chi connectivity index (χ2n) is 6.33. The van der Waals surface area contributed by atoms with Crippen LogP contribution in [0.25, 0.3) is 0 Å². The van der Waals surface area contributed by atoms with Crippen LogP contribution in [-0.2, 0) is 9.84 Å². The van der Waals surface area contributed by atoms with Crippen molar-refractivity contribution in [2.75, 3.05) is 23.4 Å². The summed E-state index contributed by atoms with van der Waals surface area (Å²) in [4.78, 5) is 23.3. The first-order valence-electron chi connectivity index (χ1n) is 8.18. The van der Waals surface area contributed by atoms with Crippen LogP contribution in [0.1, 0.15) is 22.3 Å². The number of nitro groups is 1. The lowest BCUT2D eigenvalue weighted by Gasteiger charge is -2.12. The summed E-state index contributed by atoms with van der Waals surface area (Å²) in [5.74, 6) is -0.1000. The number of anilines is 1. The van der Waals surface area contributed by atoms with E-state index in [0.29, 0.717) is 18.5 Å². The molecule has 1 heterocycles. The van der Waals surface area contributed by atoms with Gasteiger partial charge in [-0.15, -0.1) is 0 Å². The van der Waals surface area contributed by atoms with E-state index in [1.807, 2.05) is 0 Å². The van der Waals surface area contributed by atoms with E-state index in [4.69, 9.17) is 0 Å². The Hall–Kier alpha value is -2.74. The number of hydrogen-bond donors (Lipinski definition) is 1. The molecule has 1 saturated heterocycles. The molecule has 26 heavy (non-hydrogen) atoms. The fraction of sp³-hybridized carbons (Fsp3) is 0.278. The number of nitrogens with zero attached hydrogens (tertiary/aromatic N) is 1. The molecule has 0 saturated carbocycles. The third kappa shape index (κ3) is 4.08. The average molecular weight is 374 g/mol. The lowest BCUT2D eigenvalue weighted by atomic mass is 10.0. The SMILES string of the molecule is O=C(c1ccccc1)c1ccc(NCC2CCS(=O)(=O)C2)c([N+](=O)[O-])c1. The molecule has 2 aromatic rings. The lowest BCUT2D eigenvalue weighted by Crippen LogP contribution is -2.16. The molecule has 0 bridgehead atoms. The predicted octanol–water partition coefficient (Wildman–Crippen LogP) is 2.67. The Balaban J connectivity index is 1.79. The van der Waals surface area contributed by atoms with Gasteiger partial charge in [-0.2, -0.15) is 0 Å². The highest BCUT2D eigenvalue weighted by Gasteiger charge is 2.28. The molecule has 0 aliphatic carbocycles. The highest BCUT2D eigenvalue weighted by molar-refractivity contribution is 7.91. The number of nitro benzene ring substituents is 1. The minimum Gasteiger partial charge on any atom is -0.379 e. The van der Waals surface area contributed by atoms with Crippen LogP contribution < -0.4 is 5.32 Å². The second kappa shape index (κ2) is 7.25. The normalized spacial score (nSPS) is 18.4. The van der Waals surface area contributed by atoms with E-state index in [2.05, 4.69) is 5.32 Å². The molecule has 1 unspecified atom stereocenters. The van der Waals surface area contributed by atoms with Crippen LogP contribution in [0.15, 0.2) is 48.5 Å². The summed E-state index contributed by atoms with van der Waals surface area (Å²) >= 11 is 0. The topological polar surface area (TPSA) is 106 Å². The molecule has 2 aromatic carbocycles. The minimum atomic E-state index is -2.99. The molecule has 0 radical (unpaired) electrons. The van der Waals surface area contributed by atoms with Crippen LogP contribution in [0.5, 0.6) is 0 Å². The second-order valence-corrected chi connectivity index (χ2v) is 8.56. The van der Waals surface area contributed by atoms with Gasteiger partial charge < -0.3 is 5.32 Å². The minimum absolute atomic E-state index is 0.0646. The molecular formula is C18H18N2O5S. The highest BCUT2D eigenvalue weighted by atomic mass is 32.2. The molecule has 8 heteroatoms. The molecule has 7 nitrogen and oxygen atoms in total. The van der Waals surface area contributed by atoms with Crippen molar-refractivity contribution in [1.29, 1.82) is 0 Å². The van der Waals surface area contributed by atoms with E-state index in [-0.39, 0.29) is 40.1 Å². The van der Waals surface area contributed by atoms with Gasteiger partial charge in [0.25, 0.3) is 5.69 Å². The Labute approximate surface area is 151 Å². The fourth-order valence-electron chi connectivity index (χ4n) is 3.02. The van der Waals surface area contributed by atoms with Crippen LogP contribution in [0, 0.1) is 16.0 Å². The van der Waals surface area contributed by atoms with E-state index < -0.39 is 14.8 Å². The summed E-state index contributed by atoms with van der Waals surface area (Å²) in [6.07, 6.45) is 0.549. The van der Waals surface area contributed by atoms with Crippen molar-refractivity contribution in [2.24, 2.45) is 5.92 Å². The Bertz CT molecular complexity index is 941. The number of ketones is 1. The van der Waals surface area contributed by atoms with Crippen molar-refractivity contribution in [2.45, 2.75) is 6.42 Å². The molecule has 1 N–H and O–H groups in total. The van der Waals surface area contributed by atoms with Crippen molar-refractivity contribution < 1.29 is 18.1 Å². The third-order valence-electron chi connectivity index (χ3n) is 4.40. The zero-order chi connectivity index (χ0) is 18.7. The van der Waals surface area contributed by atoms with Crippen molar-refractivity contribution >= 4 is 27.0 Å². The summed E-state index contributed by atoms with van der Waals surface area (Å²) in [5.41, 5.74) is 0.770. The number of hydrogen-bond acceptors (Lipinski definition) is 6. The van der Waals surface area contributed by atoms with Gasteiger partial charge in [0.2, 0.25) is 0 Å². The molecule has 1 atom stereocenters. The standard InChI is InChI=1S/C18H18N2O5S/c21-18(14-4-2-1-3-5-14)15-6-7-16(17(10-15)20(22)23)19-11-13-8-9-26(24,25)12-13/h1-7,10,13,19H,8-9,11-12H2. The van der Waals surface area contributed by atoms with Gasteiger partial charge in [0, 0.05) is 23.7 Å². The maximum Gasteiger partial charge on any atom is 0.293 e. The number of carbonyl (C=O) groups excluding carboxylic acids is 1. The Morgan fingerprint density at radius 1 is 1.15 bits per heavy atom. The quantitative estimate of drug-likeness (QED) is 0.473. The van der Waals surface area contributed by atoms with Gasteiger partial charge in [-0.1, -0.05) is 30.3 Å². The van der Waals surface area contributed by atoms with E-state index in [1.165, 1.54) is 18.2 Å². The van der Waals surface area contributed by atoms with Gasteiger partial charge in [0.15, 0.2) is 15.6 Å². The van der Waals surface area contributed by atoms with Crippen LogP contribution in [0.3, 0.4) is 0 Å². The van der Waals surface area contributed by atoms with Crippen molar-refractivity contribution in [3.05, 3.63) is 69.8 Å². The smallest absolute Gasteiger partial charge is 0.293 e.